The van der Waals surface area contributed by atoms with E-state index in [0.29, 0.717) is 29.1 Å². The number of benzene rings is 6. The first-order valence-electron chi connectivity index (χ1n) is 14.8. The van der Waals surface area contributed by atoms with Gasteiger partial charge in [-0.05, 0) is 35.4 Å². The lowest BCUT2D eigenvalue weighted by Crippen LogP contribution is -2.04. The van der Waals surface area contributed by atoms with Crippen LogP contribution in [0.25, 0.3) is 72.8 Å². The van der Waals surface area contributed by atoms with Crippen LogP contribution in [-0.2, 0) is 0 Å². The van der Waals surface area contributed by atoms with Crippen LogP contribution in [-0.4, -0.2) is 19.5 Å². The number of hydrogen-bond acceptors (Lipinski definition) is 3. The topological polar surface area (TPSA) is 43.6 Å². The second-order valence-electron chi connectivity index (χ2n) is 10.4. The maximum Gasteiger partial charge on any atom is 0.166 e. The molecule has 0 N–H and O–H groups in total. The largest absolute Gasteiger partial charge is 0.308 e. The minimum atomic E-state index is 0.340. The van der Waals surface area contributed by atoms with Crippen molar-refractivity contribution in [2.24, 2.45) is 0 Å². The normalized spacial score (nSPS) is 11.6. The van der Waals surface area contributed by atoms with Gasteiger partial charge >= 0.3 is 0 Å². The van der Waals surface area contributed by atoms with E-state index in [4.69, 9.17) is 15.0 Å². The highest BCUT2D eigenvalue weighted by molar-refractivity contribution is 6.09. The molecule has 0 aliphatic rings. The summed E-state index contributed by atoms with van der Waals surface area (Å²) in [5.74, 6) is 1.59. The van der Waals surface area contributed by atoms with Gasteiger partial charge in [-0.15, -0.1) is 0 Å². The molecule has 0 radical (unpaired) electrons. The smallest absolute Gasteiger partial charge is 0.166 e. The SMILES string of the molecule is [2H]c1cc(-c2ccccc2)cc(-n2c3ccccc3c3ccccc32)c1-c1nc(-c2ccccc2)nc(-c2ccccc2)n1. The molecule has 0 atom stereocenters. The molecule has 0 saturated carbocycles. The average Bonchev–Trinajstić information content (AvgIpc) is 3.43. The third kappa shape index (κ3) is 4.46. The lowest BCUT2D eigenvalue weighted by Gasteiger charge is -2.16. The molecular weight excluding hydrogens is 524 g/mol. The van der Waals surface area contributed by atoms with Crippen LogP contribution in [0.2, 0.25) is 0 Å². The fourth-order valence-corrected chi connectivity index (χ4v) is 5.74. The molecule has 2 aromatic heterocycles. The molecule has 0 fully saturated rings. The first-order valence-corrected chi connectivity index (χ1v) is 14.3. The van der Waals surface area contributed by atoms with E-state index < -0.39 is 0 Å². The van der Waals surface area contributed by atoms with Gasteiger partial charge in [-0.3, -0.25) is 0 Å². The van der Waals surface area contributed by atoms with Gasteiger partial charge in [-0.1, -0.05) is 133 Å². The molecule has 8 rings (SSSR count). The van der Waals surface area contributed by atoms with Crippen LogP contribution >= 0.6 is 0 Å². The second kappa shape index (κ2) is 10.5. The summed E-state index contributed by atoms with van der Waals surface area (Å²) in [5, 5.41) is 2.30. The first-order chi connectivity index (χ1) is 21.7. The minimum Gasteiger partial charge on any atom is -0.308 e. The number of rotatable bonds is 5. The highest BCUT2D eigenvalue weighted by atomic mass is 15.1. The third-order valence-electron chi connectivity index (χ3n) is 7.77. The Hall–Kier alpha value is -5.87. The fourth-order valence-electron chi connectivity index (χ4n) is 5.74. The van der Waals surface area contributed by atoms with Gasteiger partial charge in [0.05, 0.1) is 18.1 Å². The monoisotopic (exact) mass is 551 g/mol. The molecule has 0 aliphatic heterocycles. The van der Waals surface area contributed by atoms with Gasteiger partial charge in [-0.25, -0.2) is 15.0 Å². The number of para-hydroxylation sites is 2. The molecule has 202 valence electrons. The fraction of sp³-hybridized carbons (Fsp3) is 0. The molecule has 43 heavy (non-hydrogen) atoms. The van der Waals surface area contributed by atoms with Crippen molar-refractivity contribution in [3.63, 3.8) is 0 Å². The molecule has 6 aromatic carbocycles. The lowest BCUT2D eigenvalue weighted by atomic mass is 10.0. The Morgan fingerprint density at radius 3 is 1.40 bits per heavy atom. The Bertz CT molecular complexity index is 2170. The van der Waals surface area contributed by atoms with Gasteiger partial charge in [0.2, 0.25) is 0 Å². The summed E-state index contributed by atoms with van der Waals surface area (Å²) in [6.45, 7) is 0. The Morgan fingerprint density at radius 2 is 0.860 bits per heavy atom. The van der Waals surface area contributed by atoms with Crippen molar-refractivity contribution in [1.82, 2.24) is 19.5 Å². The molecule has 4 heteroatoms. The summed E-state index contributed by atoms with van der Waals surface area (Å²) >= 11 is 0. The predicted molar refractivity (Wildman–Crippen MR) is 176 cm³/mol. The molecule has 0 unspecified atom stereocenters. The highest BCUT2D eigenvalue weighted by Gasteiger charge is 2.20. The van der Waals surface area contributed by atoms with Crippen molar-refractivity contribution >= 4 is 21.8 Å². The number of hydrogen-bond donors (Lipinski definition) is 0. The van der Waals surface area contributed by atoms with Crippen molar-refractivity contribution in [3.8, 4) is 51.0 Å². The Kier molecular flexibility index (Phi) is 5.82. The molecule has 0 spiro atoms. The zero-order chi connectivity index (χ0) is 29.5. The van der Waals surface area contributed by atoms with Crippen molar-refractivity contribution in [2.45, 2.75) is 0 Å². The van der Waals surface area contributed by atoms with Crippen molar-refractivity contribution < 1.29 is 1.37 Å². The van der Waals surface area contributed by atoms with Crippen LogP contribution in [0.4, 0.5) is 0 Å². The molecule has 0 saturated heterocycles. The molecule has 8 aromatic rings. The van der Waals surface area contributed by atoms with Crippen LogP contribution in [0.5, 0.6) is 0 Å². The zero-order valence-corrected chi connectivity index (χ0v) is 23.2. The Labute approximate surface area is 251 Å². The van der Waals surface area contributed by atoms with E-state index in [1.807, 2.05) is 84.9 Å². The first kappa shape index (κ1) is 23.8. The Balaban J connectivity index is 1.48. The van der Waals surface area contributed by atoms with E-state index in [1.54, 1.807) is 0 Å². The summed E-state index contributed by atoms with van der Waals surface area (Å²) in [6, 6.07) is 51.4. The molecule has 4 nitrogen and oxygen atoms in total. The second-order valence-corrected chi connectivity index (χ2v) is 10.4. The Morgan fingerprint density at radius 1 is 0.419 bits per heavy atom. The third-order valence-corrected chi connectivity index (χ3v) is 7.77. The summed E-state index contributed by atoms with van der Waals surface area (Å²) in [5.41, 5.74) is 7.38. The van der Waals surface area contributed by atoms with Crippen molar-refractivity contribution in [2.75, 3.05) is 0 Å². The lowest BCUT2D eigenvalue weighted by molar-refractivity contribution is 1.06. The van der Waals surface area contributed by atoms with Crippen molar-refractivity contribution in [1.29, 1.82) is 0 Å². The molecule has 0 bridgehead atoms. The van der Waals surface area contributed by atoms with Crippen LogP contribution in [0.15, 0.2) is 158 Å². The molecule has 0 amide bonds. The predicted octanol–water partition coefficient (Wildman–Crippen LogP) is 9.64. The minimum absolute atomic E-state index is 0.340. The number of fused-ring (bicyclic) bond motifs is 3. The standard InChI is InChI=1S/C39H26N4/c1-4-14-27(15-5-1)30-24-25-33(36(26-30)43-34-22-12-10-20-31(34)32-21-11-13-23-35(32)43)39-41-37(28-16-6-2-7-17-28)40-38(42-39)29-18-8-3-9-19-29/h1-26H/i25D. The molecular formula is C39H26N4. The van der Waals surface area contributed by atoms with Gasteiger partial charge in [0, 0.05) is 27.5 Å². The summed E-state index contributed by atoms with van der Waals surface area (Å²) in [7, 11) is 0. The van der Waals surface area contributed by atoms with E-state index >= 15 is 0 Å². The van der Waals surface area contributed by atoms with Crippen molar-refractivity contribution in [3.05, 3.63) is 158 Å². The van der Waals surface area contributed by atoms with E-state index in [-0.39, 0.29) is 0 Å². The van der Waals surface area contributed by atoms with E-state index in [0.717, 1.165) is 49.7 Å². The van der Waals surface area contributed by atoms with Gasteiger partial charge in [0.1, 0.15) is 0 Å². The van der Waals surface area contributed by atoms with Crippen LogP contribution in [0, 0.1) is 0 Å². The highest BCUT2D eigenvalue weighted by Crippen LogP contribution is 2.38. The number of nitrogens with zero attached hydrogens (tertiary/aromatic N) is 4. The van der Waals surface area contributed by atoms with Gasteiger partial charge in [0.25, 0.3) is 0 Å². The van der Waals surface area contributed by atoms with Gasteiger partial charge in [-0.2, -0.15) is 0 Å². The van der Waals surface area contributed by atoms with Crippen LogP contribution in [0.1, 0.15) is 1.37 Å². The maximum absolute atomic E-state index is 9.49. The number of aromatic nitrogens is 4. The van der Waals surface area contributed by atoms with Gasteiger partial charge in [0.15, 0.2) is 17.5 Å². The summed E-state index contributed by atoms with van der Waals surface area (Å²) in [6.07, 6.45) is 0. The van der Waals surface area contributed by atoms with Crippen LogP contribution in [0.3, 0.4) is 0 Å². The molecule has 0 aliphatic carbocycles. The van der Waals surface area contributed by atoms with E-state index in [2.05, 4.69) is 71.3 Å². The summed E-state index contributed by atoms with van der Waals surface area (Å²) in [4.78, 5) is 15.0. The average molecular weight is 552 g/mol. The van der Waals surface area contributed by atoms with E-state index in [1.165, 1.54) is 0 Å². The van der Waals surface area contributed by atoms with E-state index in [9.17, 15) is 1.37 Å². The van der Waals surface area contributed by atoms with Crippen LogP contribution < -0.4 is 0 Å². The summed E-state index contributed by atoms with van der Waals surface area (Å²) < 4.78 is 11.7. The molecule has 2 heterocycles. The van der Waals surface area contributed by atoms with Gasteiger partial charge < -0.3 is 4.57 Å². The zero-order valence-electron chi connectivity index (χ0n) is 24.2. The maximum atomic E-state index is 9.49. The quantitative estimate of drug-likeness (QED) is 0.214.